The van der Waals surface area contributed by atoms with Crippen LogP contribution in [0.2, 0.25) is 5.02 Å². The first kappa shape index (κ1) is 13.9. The first-order valence-electron chi connectivity index (χ1n) is 6.26. The van der Waals surface area contributed by atoms with Gasteiger partial charge >= 0.3 is 5.97 Å². The molecule has 1 heterocycles. The van der Waals surface area contributed by atoms with Crippen molar-refractivity contribution in [2.75, 3.05) is 18.1 Å². The van der Waals surface area contributed by atoms with Gasteiger partial charge in [0.25, 0.3) is 0 Å². The summed E-state index contributed by atoms with van der Waals surface area (Å²) in [5, 5.41) is 0.616. The lowest BCUT2D eigenvalue weighted by Crippen LogP contribution is -2.26. The minimum Gasteiger partial charge on any atom is -0.466 e. The predicted molar refractivity (Wildman–Crippen MR) is 73.3 cm³/mol. The molecule has 102 valence electrons. The highest BCUT2D eigenvalue weighted by Crippen LogP contribution is 2.29. The largest absolute Gasteiger partial charge is 0.466 e. The van der Waals surface area contributed by atoms with Crippen LogP contribution in [0.25, 0.3) is 0 Å². The number of anilines is 1. The minimum atomic E-state index is -0.382. The summed E-state index contributed by atoms with van der Waals surface area (Å²) in [5.41, 5.74) is 1.69. The molecule has 0 aromatic heterocycles. The van der Waals surface area contributed by atoms with E-state index in [1.807, 2.05) is 19.1 Å². The lowest BCUT2D eigenvalue weighted by Gasteiger charge is -2.17. The molecule has 1 atom stereocenters. The number of aryl methyl sites for hydroxylation is 1. The number of hydrogen-bond acceptors (Lipinski definition) is 3. The van der Waals surface area contributed by atoms with Crippen molar-refractivity contribution in [1.29, 1.82) is 0 Å². The zero-order valence-electron chi connectivity index (χ0n) is 11.0. The van der Waals surface area contributed by atoms with E-state index >= 15 is 0 Å². The molecule has 0 radical (unpaired) electrons. The van der Waals surface area contributed by atoms with Gasteiger partial charge in [0.1, 0.15) is 0 Å². The van der Waals surface area contributed by atoms with Crippen LogP contribution in [0.15, 0.2) is 18.2 Å². The quantitative estimate of drug-likeness (QED) is 0.800. The van der Waals surface area contributed by atoms with Gasteiger partial charge in [-0.1, -0.05) is 17.7 Å². The van der Waals surface area contributed by atoms with Gasteiger partial charge in [0.05, 0.1) is 12.5 Å². The number of carbonyl (C=O) groups is 2. The van der Waals surface area contributed by atoms with Gasteiger partial charge in [0.2, 0.25) is 5.91 Å². The van der Waals surface area contributed by atoms with Crippen molar-refractivity contribution in [3.05, 3.63) is 28.8 Å². The van der Waals surface area contributed by atoms with Gasteiger partial charge < -0.3 is 9.64 Å². The van der Waals surface area contributed by atoms with Crippen LogP contribution in [-0.2, 0) is 14.3 Å². The van der Waals surface area contributed by atoms with Crippen LogP contribution in [0, 0.1) is 12.8 Å². The maximum absolute atomic E-state index is 12.0. The van der Waals surface area contributed by atoms with Crippen LogP contribution in [0.5, 0.6) is 0 Å². The summed E-state index contributed by atoms with van der Waals surface area (Å²) in [4.78, 5) is 25.2. The monoisotopic (exact) mass is 281 g/mol. The first-order chi connectivity index (χ1) is 9.02. The van der Waals surface area contributed by atoms with E-state index in [9.17, 15) is 9.59 Å². The SMILES string of the molecule is CCOC(=O)[C@H]1CC(=O)N(c2ccc(C)c(Cl)c2)C1. The first-order valence-corrected chi connectivity index (χ1v) is 6.64. The second kappa shape index (κ2) is 5.61. The minimum absolute atomic E-state index is 0.0713. The van der Waals surface area contributed by atoms with Crippen molar-refractivity contribution in [1.82, 2.24) is 0 Å². The van der Waals surface area contributed by atoms with E-state index in [0.717, 1.165) is 11.3 Å². The number of amides is 1. The van der Waals surface area contributed by atoms with Crippen LogP contribution < -0.4 is 4.90 Å². The van der Waals surface area contributed by atoms with E-state index in [-0.39, 0.29) is 24.2 Å². The molecule has 1 aromatic carbocycles. The average molecular weight is 282 g/mol. The third-order valence-corrected chi connectivity index (χ3v) is 3.62. The molecule has 1 amide bonds. The van der Waals surface area contributed by atoms with Crippen LogP contribution in [0.3, 0.4) is 0 Å². The topological polar surface area (TPSA) is 46.6 Å². The lowest BCUT2D eigenvalue weighted by atomic mass is 10.1. The second-order valence-electron chi connectivity index (χ2n) is 4.59. The third kappa shape index (κ3) is 2.89. The van der Waals surface area contributed by atoms with E-state index in [1.54, 1.807) is 17.9 Å². The molecule has 1 fully saturated rings. The second-order valence-corrected chi connectivity index (χ2v) is 5.00. The molecule has 1 aliphatic rings. The summed E-state index contributed by atoms with van der Waals surface area (Å²) < 4.78 is 4.96. The summed E-state index contributed by atoms with van der Waals surface area (Å²) in [6, 6.07) is 5.46. The highest BCUT2D eigenvalue weighted by Gasteiger charge is 2.36. The van der Waals surface area contributed by atoms with Gasteiger partial charge in [0.15, 0.2) is 0 Å². The number of rotatable bonds is 3. The number of ether oxygens (including phenoxy) is 1. The molecule has 5 heteroatoms. The van der Waals surface area contributed by atoms with Gasteiger partial charge in [-0.3, -0.25) is 9.59 Å². The normalized spacial score (nSPS) is 18.8. The Bertz CT molecular complexity index is 515. The Hall–Kier alpha value is -1.55. The van der Waals surface area contributed by atoms with Gasteiger partial charge in [-0.2, -0.15) is 0 Å². The fourth-order valence-corrected chi connectivity index (χ4v) is 2.30. The van der Waals surface area contributed by atoms with Crippen molar-refractivity contribution >= 4 is 29.2 Å². The Morgan fingerprint density at radius 2 is 2.26 bits per heavy atom. The Morgan fingerprint density at radius 3 is 2.89 bits per heavy atom. The number of nitrogens with zero attached hydrogens (tertiary/aromatic N) is 1. The standard InChI is InChI=1S/C14H16ClNO3/c1-3-19-14(18)10-6-13(17)16(8-10)11-5-4-9(2)12(15)7-11/h4-5,7,10H,3,6,8H2,1-2H3/t10-/m0/s1. The molecular formula is C14H16ClNO3. The number of benzene rings is 1. The zero-order valence-corrected chi connectivity index (χ0v) is 11.7. The van der Waals surface area contributed by atoms with Crippen LogP contribution in [-0.4, -0.2) is 25.0 Å². The molecular weight excluding hydrogens is 266 g/mol. The smallest absolute Gasteiger partial charge is 0.311 e. The van der Waals surface area contributed by atoms with Crippen molar-refractivity contribution in [2.45, 2.75) is 20.3 Å². The zero-order chi connectivity index (χ0) is 14.0. The van der Waals surface area contributed by atoms with E-state index < -0.39 is 0 Å². The lowest BCUT2D eigenvalue weighted by molar-refractivity contribution is -0.147. The van der Waals surface area contributed by atoms with E-state index in [2.05, 4.69) is 0 Å². The Labute approximate surface area is 117 Å². The molecule has 4 nitrogen and oxygen atoms in total. The van der Waals surface area contributed by atoms with Crippen LogP contribution >= 0.6 is 11.6 Å². The van der Waals surface area contributed by atoms with E-state index in [0.29, 0.717) is 18.2 Å². The highest BCUT2D eigenvalue weighted by molar-refractivity contribution is 6.31. The molecule has 19 heavy (non-hydrogen) atoms. The van der Waals surface area contributed by atoms with Crippen molar-refractivity contribution < 1.29 is 14.3 Å². The molecule has 0 saturated carbocycles. The molecule has 0 unspecified atom stereocenters. The summed E-state index contributed by atoms with van der Waals surface area (Å²) in [6.07, 6.45) is 0.199. The summed E-state index contributed by atoms with van der Waals surface area (Å²) >= 11 is 6.06. The molecule has 1 aromatic rings. The maximum atomic E-state index is 12.0. The van der Waals surface area contributed by atoms with Gasteiger partial charge in [0, 0.05) is 23.7 Å². The number of hydrogen-bond donors (Lipinski definition) is 0. The van der Waals surface area contributed by atoms with Crippen LogP contribution in [0.4, 0.5) is 5.69 Å². The predicted octanol–water partition coefficient (Wildman–Crippen LogP) is 2.56. The fraction of sp³-hybridized carbons (Fsp3) is 0.429. The molecule has 1 saturated heterocycles. The molecule has 2 rings (SSSR count). The number of esters is 1. The van der Waals surface area contributed by atoms with Crippen molar-refractivity contribution in [3.8, 4) is 0 Å². The molecule has 1 aliphatic heterocycles. The Kier molecular flexibility index (Phi) is 4.10. The molecule has 0 aliphatic carbocycles. The Morgan fingerprint density at radius 1 is 1.53 bits per heavy atom. The van der Waals surface area contributed by atoms with Crippen molar-refractivity contribution in [2.24, 2.45) is 5.92 Å². The maximum Gasteiger partial charge on any atom is 0.311 e. The van der Waals surface area contributed by atoms with E-state index in [1.165, 1.54) is 0 Å². The molecule has 0 spiro atoms. The van der Waals surface area contributed by atoms with Crippen molar-refractivity contribution in [3.63, 3.8) is 0 Å². The molecule has 0 N–H and O–H groups in total. The summed E-state index contributed by atoms with van der Waals surface area (Å²) in [7, 11) is 0. The van der Waals surface area contributed by atoms with Gasteiger partial charge in [-0.15, -0.1) is 0 Å². The number of halogens is 1. The van der Waals surface area contributed by atoms with E-state index in [4.69, 9.17) is 16.3 Å². The third-order valence-electron chi connectivity index (χ3n) is 3.21. The number of carbonyl (C=O) groups excluding carboxylic acids is 2. The van der Waals surface area contributed by atoms with Gasteiger partial charge in [-0.25, -0.2) is 0 Å². The average Bonchev–Trinajstić information content (AvgIpc) is 2.75. The van der Waals surface area contributed by atoms with Crippen LogP contribution in [0.1, 0.15) is 18.9 Å². The Balaban J connectivity index is 2.15. The highest BCUT2D eigenvalue weighted by atomic mass is 35.5. The summed E-state index contributed by atoms with van der Waals surface area (Å²) in [5.74, 6) is -0.762. The fourth-order valence-electron chi connectivity index (χ4n) is 2.12. The summed E-state index contributed by atoms with van der Waals surface area (Å²) in [6.45, 7) is 4.35. The molecule has 0 bridgehead atoms. The van der Waals surface area contributed by atoms with Gasteiger partial charge in [-0.05, 0) is 31.5 Å².